The van der Waals surface area contributed by atoms with Gasteiger partial charge in [0, 0.05) is 36.1 Å². The lowest BCUT2D eigenvalue weighted by molar-refractivity contribution is -0.137. The second kappa shape index (κ2) is 10.5. The number of anilines is 4. The number of hydrogen-bond acceptors (Lipinski definition) is 6. The maximum Gasteiger partial charge on any atom is 0.416 e. The molecule has 5 rings (SSSR count). The minimum Gasteiger partial charge on any atom is -0.351 e. The molecule has 0 radical (unpaired) electrons. The van der Waals surface area contributed by atoms with Gasteiger partial charge in [-0.3, -0.25) is 14.6 Å². The van der Waals surface area contributed by atoms with E-state index in [0.717, 1.165) is 49.2 Å². The van der Waals surface area contributed by atoms with Gasteiger partial charge in [0.2, 0.25) is 5.95 Å². The first-order chi connectivity index (χ1) is 18.6. The maximum absolute atomic E-state index is 13.4. The first kappa shape index (κ1) is 26.4. The third-order valence-electron chi connectivity index (χ3n) is 6.89. The molecule has 0 saturated carbocycles. The number of halogens is 3. The number of aryl methyl sites for hydroxylation is 1. The van der Waals surface area contributed by atoms with Crippen molar-refractivity contribution < 1.29 is 22.8 Å². The summed E-state index contributed by atoms with van der Waals surface area (Å²) >= 11 is 0. The highest BCUT2D eigenvalue weighted by Gasteiger charge is 2.33. The van der Waals surface area contributed by atoms with Crippen LogP contribution in [0.2, 0.25) is 0 Å². The molecule has 2 aromatic carbocycles. The summed E-state index contributed by atoms with van der Waals surface area (Å²) < 4.78 is 39.2. The van der Waals surface area contributed by atoms with E-state index in [1.54, 1.807) is 36.3 Å². The number of fused-ring (bicyclic) bond motifs is 1. The number of amides is 3. The van der Waals surface area contributed by atoms with Crippen molar-refractivity contribution in [2.75, 3.05) is 40.6 Å². The molecule has 0 unspecified atom stereocenters. The van der Waals surface area contributed by atoms with Crippen LogP contribution in [0.3, 0.4) is 0 Å². The van der Waals surface area contributed by atoms with Gasteiger partial charge in [-0.25, -0.2) is 9.78 Å². The van der Waals surface area contributed by atoms with Crippen LogP contribution >= 0.6 is 0 Å². The van der Waals surface area contributed by atoms with E-state index in [0.29, 0.717) is 23.1 Å². The molecule has 3 N–H and O–H groups in total. The normalized spacial score (nSPS) is 16.2. The third-order valence-corrected chi connectivity index (χ3v) is 6.89. The topological polar surface area (TPSA) is 102 Å². The van der Waals surface area contributed by atoms with Crippen LogP contribution in [0.15, 0.2) is 48.7 Å². The Labute approximate surface area is 223 Å². The highest BCUT2D eigenvalue weighted by Crippen LogP contribution is 2.34. The fourth-order valence-corrected chi connectivity index (χ4v) is 4.73. The van der Waals surface area contributed by atoms with Gasteiger partial charge in [-0.05, 0) is 68.8 Å². The second-order valence-corrected chi connectivity index (χ2v) is 9.67. The average molecular weight is 540 g/mol. The fraction of sp³-hybridized carbons (Fsp3) is 0.333. The zero-order valence-corrected chi connectivity index (χ0v) is 21.5. The number of rotatable bonds is 5. The minimum absolute atomic E-state index is 0.124. The molecule has 204 valence electrons. The number of carbonyl (C=O) groups is 2. The maximum atomic E-state index is 13.4. The molecule has 0 aliphatic carbocycles. The predicted octanol–water partition coefficient (Wildman–Crippen LogP) is 4.80. The molecule has 39 heavy (non-hydrogen) atoms. The van der Waals surface area contributed by atoms with Gasteiger partial charge in [0.1, 0.15) is 5.82 Å². The van der Waals surface area contributed by atoms with Crippen LogP contribution in [-0.4, -0.2) is 48.1 Å². The average Bonchev–Trinajstić information content (AvgIpc) is 2.92. The van der Waals surface area contributed by atoms with Gasteiger partial charge in [-0.1, -0.05) is 12.1 Å². The van der Waals surface area contributed by atoms with E-state index in [1.807, 2.05) is 6.92 Å². The summed E-state index contributed by atoms with van der Waals surface area (Å²) in [6.45, 7) is 3.90. The van der Waals surface area contributed by atoms with Gasteiger partial charge in [0.15, 0.2) is 0 Å². The number of hydrogen-bond donors (Lipinski definition) is 3. The van der Waals surface area contributed by atoms with Crippen LogP contribution < -0.4 is 25.8 Å². The van der Waals surface area contributed by atoms with Crippen molar-refractivity contribution in [3.63, 3.8) is 0 Å². The Kier molecular flexibility index (Phi) is 7.13. The SMILES string of the molecule is Cc1ccc(NC(=O)c2cccc(C(F)(F)F)c2)cc1N1Cc2cnc(NC3CCNCC3)nc2N(C)C1=O. The van der Waals surface area contributed by atoms with Crippen molar-refractivity contribution in [2.24, 2.45) is 0 Å². The molecule has 12 heteroatoms. The van der Waals surface area contributed by atoms with Crippen LogP contribution in [0.4, 0.5) is 41.1 Å². The zero-order valence-electron chi connectivity index (χ0n) is 21.5. The predicted molar refractivity (Wildman–Crippen MR) is 142 cm³/mol. The summed E-state index contributed by atoms with van der Waals surface area (Å²) in [4.78, 5) is 38.2. The molecule has 3 heterocycles. The smallest absolute Gasteiger partial charge is 0.351 e. The van der Waals surface area contributed by atoms with Crippen LogP contribution in [0.25, 0.3) is 0 Å². The van der Waals surface area contributed by atoms with Crippen molar-refractivity contribution >= 4 is 35.1 Å². The summed E-state index contributed by atoms with van der Waals surface area (Å²) in [5.41, 5.74) is 1.40. The Bertz CT molecular complexity index is 1410. The largest absolute Gasteiger partial charge is 0.416 e. The fourth-order valence-electron chi connectivity index (χ4n) is 4.73. The van der Waals surface area contributed by atoms with Crippen LogP contribution in [0.1, 0.15) is 39.9 Å². The van der Waals surface area contributed by atoms with E-state index in [4.69, 9.17) is 0 Å². The lowest BCUT2D eigenvalue weighted by Crippen LogP contribution is -2.46. The molecular weight excluding hydrogens is 511 g/mol. The van der Waals surface area contributed by atoms with Crippen LogP contribution in [0.5, 0.6) is 0 Å². The number of nitrogens with one attached hydrogen (secondary N) is 3. The second-order valence-electron chi connectivity index (χ2n) is 9.67. The molecule has 0 bridgehead atoms. The molecule has 0 spiro atoms. The highest BCUT2D eigenvalue weighted by molar-refractivity contribution is 6.07. The Morgan fingerprint density at radius 2 is 1.90 bits per heavy atom. The molecule has 1 saturated heterocycles. The van der Waals surface area contributed by atoms with Crippen molar-refractivity contribution in [1.29, 1.82) is 0 Å². The van der Waals surface area contributed by atoms with Crippen LogP contribution in [-0.2, 0) is 12.7 Å². The Hall–Kier alpha value is -4.19. The van der Waals surface area contributed by atoms with Gasteiger partial charge in [0.25, 0.3) is 5.91 Å². The summed E-state index contributed by atoms with van der Waals surface area (Å²) in [7, 11) is 1.64. The molecule has 3 amide bonds. The van der Waals surface area contributed by atoms with Gasteiger partial charge < -0.3 is 16.0 Å². The lowest BCUT2D eigenvalue weighted by Gasteiger charge is -2.35. The van der Waals surface area contributed by atoms with E-state index in [9.17, 15) is 22.8 Å². The minimum atomic E-state index is -4.56. The summed E-state index contributed by atoms with van der Waals surface area (Å²) in [5, 5.41) is 9.31. The first-order valence-corrected chi connectivity index (χ1v) is 12.6. The molecule has 2 aliphatic rings. The van der Waals surface area contributed by atoms with Crippen molar-refractivity contribution in [3.8, 4) is 0 Å². The number of carbonyl (C=O) groups excluding carboxylic acids is 2. The molecule has 3 aromatic rings. The molecule has 1 fully saturated rings. The van der Waals surface area contributed by atoms with Crippen LogP contribution in [0, 0.1) is 6.92 Å². The number of piperidine rings is 1. The Balaban J connectivity index is 1.36. The standard InChI is InChI=1S/C27H28F3N7O2/c1-16-6-7-21(33-24(38)17-4-3-5-19(12-17)27(28,29)30)13-22(16)37-15-18-14-32-25(34-20-8-10-31-11-9-20)35-23(18)36(2)26(37)39/h3-7,12-14,20,31H,8-11,15H2,1-2H3,(H,33,38)(H,32,34,35). The molecule has 9 nitrogen and oxygen atoms in total. The van der Waals surface area contributed by atoms with Crippen molar-refractivity contribution in [1.82, 2.24) is 15.3 Å². The number of alkyl halides is 3. The molecular formula is C27H28F3N7O2. The Morgan fingerprint density at radius 3 is 2.64 bits per heavy atom. The Morgan fingerprint density at radius 1 is 1.13 bits per heavy atom. The first-order valence-electron chi connectivity index (χ1n) is 12.6. The van der Waals surface area contributed by atoms with E-state index < -0.39 is 17.6 Å². The quantitative estimate of drug-likeness (QED) is 0.431. The van der Waals surface area contributed by atoms with E-state index in [2.05, 4.69) is 25.9 Å². The lowest BCUT2D eigenvalue weighted by atomic mass is 10.1. The zero-order chi connectivity index (χ0) is 27.7. The summed E-state index contributed by atoms with van der Waals surface area (Å²) in [5.74, 6) is 0.309. The molecule has 0 atom stereocenters. The van der Waals surface area contributed by atoms with Gasteiger partial charge >= 0.3 is 12.2 Å². The van der Waals surface area contributed by atoms with Gasteiger partial charge in [-0.15, -0.1) is 0 Å². The van der Waals surface area contributed by atoms with Gasteiger partial charge in [-0.2, -0.15) is 18.2 Å². The molecule has 2 aliphatic heterocycles. The number of urea groups is 1. The van der Waals surface area contributed by atoms with E-state index in [-0.39, 0.29) is 24.2 Å². The van der Waals surface area contributed by atoms with Crippen molar-refractivity contribution in [2.45, 2.75) is 38.5 Å². The summed E-state index contributed by atoms with van der Waals surface area (Å²) in [6, 6.07) is 9.18. The van der Waals surface area contributed by atoms with E-state index in [1.165, 1.54) is 17.0 Å². The van der Waals surface area contributed by atoms with Gasteiger partial charge in [0.05, 0.1) is 17.8 Å². The number of nitrogens with zero attached hydrogens (tertiary/aromatic N) is 4. The third kappa shape index (κ3) is 5.65. The van der Waals surface area contributed by atoms with E-state index >= 15 is 0 Å². The number of aromatic nitrogens is 2. The van der Waals surface area contributed by atoms with Crippen molar-refractivity contribution in [3.05, 3.63) is 70.9 Å². The number of benzene rings is 2. The monoisotopic (exact) mass is 539 g/mol. The summed E-state index contributed by atoms with van der Waals surface area (Å²) in [6.07, 6.45) is -0.930. The molecule has 1 aromatic heterocycles. The highest BCUT2D eigenvalue weighted by atomic mass is 19.4.